The van der Waals surface area contributed by atoms with Crippen LogP contribution in [-0.4, -0.2) is 29.5 Å². The second-order valence-corrected chi connectivity index (χ2v) is 3.09. The van der Waals surface area contributed by atoms with Crippen molar-refractivity contribution in [2.24, 2.45) is 5.92 Å². The Morgan fingerprint density at radius 2 is 1.56 bits per heavy atom. The molecule has 0 saturated heterocycles. The topological polar surface area (TPSA) is 49.3 Å². The van der Waals surface area contributed by atoms with Gasteiger partial charge >= 0.3 is 18.3 Å². The average molecular weight is 274 g/mol. The lowest BCUT2D eigenvalue weighted by molar-refractivity contribution is -0.286. The molecule has 0 fully saturated rings. The quantitative estimate of drug-likeness (QED) is 0.610. The molecule has 1 atom stereocenters. The summed E-state index contributed by atoms with van der Waals surface area (Å²) in [7, 11) is 0. The fraction of sp³-hybridized carbons (Fsp3) is 0.833. The Kier molecular flexibility index (Phi) is 4.86. The minimum Gasteiger partial charge on any atom is -0.480 e. The number of aliphatic carboxylic acids is 1. The van der Waals surface area contributed by atoms with Gasteiger partial charge in [-0.05, 0) is 18.2 Å². The number of hydrogen-bond acceptors (Lipinski definition) is 2. The van der Waals surface area contributed by atoms with Crippen LogP contribution < -0.4 is 4.84 Å². The Bertz CT molecular complexity index is 238. The third-order valence-corrected chi connectivity index (χ3v) is 1.95. The molecule has 0 rings (SSSR count). The van der Waals surface area contributed by atoms with Crippen LogP contribution in [0.2, 0.25) is 0 Å². The molecule has 0 bridgehead atoms. The molecule has 1 unspecified atom stereocenters. The highest BCUT2D eigenvalue weighted by Crippen LogP contribution is 2.41. The molecule has 2 N–H and O–H groups in total. The Balaban J connectivity index is 4.88. The highest BCUT2D eigenvalue weighted by Gasteiger charge is 2.57. The molecule has 0 radical (unpaired) electrons. The van der Waals surface area contributed by atoms with E-state index >= 15 is 0 Å². The van der Waals surface area contributed by atoms with E-state index in [2.05, 4.69) is 0 Å². The van der Waals surface area contributed by atoms with E-state index in [1.807, 2.05) is 0 Å². The van der Waals surface area contributed by atoms with Gasteiger partial charge in [-0.25, -0.2) is 4.84 Å². The SMILES string of the molecule is O=C(O)C(CC(C(F)(F)F)C(F)(F)F)NCl. The molecular formula is C6H6ClF6NO2. The van der Waals surface area contributed by atoms with Gasteiger partial charge in [0, 0.05) is 0 Å². The fourth-order valence-corrected chi connectivity index (χ4v) is 1.06. The fourth-order valence-electron chi connectivity index (χ4n) is 0.881. The van der Waals surface area contributed by atoms with E-state index in [1.165, 1.54) is 4.84 Å². The number of carboxylic acids is 1. The van der Waals surface area contributed by atoms with Gasteiger partial charge < -0.3 is 5.11 Å². The maximum Gasteiger partial charge on any atom is 0.400 e. The van der Waals surface area contributed by atoms with Crippen molar-refractivity contribution < 1.29 is 36.2 Å². The third-order valence-electron chi connectivity index (χ3n) is 1.69. The first-order valence-corrected chi connectivity index (χ1v) is 4.10. The molecule has 0 aliphatic heterocycles. The minimum absolute atomic E-state index is 1.35. The highest BCUT2D eigenvalue weighted by atomic mass is 35.5. The Labute approximate surface area is 90.5 Å². The lowest BCUT2D eigenvalue weighted by atomic mass is 9.99. The van der Waals surface area contributed by atoms with Crippen molar-refractivity contribution in [1.82, 2.24) is 4.84 Å². The maximum absolute atomic E-state index is 12.0. The van der Waals surface area contributed by atoms with Crippen molar-refractivity contribution in [2.45, 2.75) is 24.8 Å². The molecule has 0 aromatic rings. The van der Waals surface area contributed by atoms with E-state index in [4.69, 9.17) is 16.9 Å². The summed E-state index contributed by atoms with van der Waals surface area (Å²) >= 11 is 4.74. The van der Waals surface area contributed by atoms with Gasteiger partial charge in [-0.15, -0.1) is 0 Å². The zero-order valence-corrected chi connectivity index (χ0v) is 8.12. The van der Waals surface area contributed by atoms with Gasteiger partial charge in [0.05, 0.1) is 0 Å². The van der Waals surface area contributed by atoms with Crippen LogP contribution in [0.3, 0.4) is 0 Å². The summed E-state index contributed by atoms with van der Waals surface area (Å²) in [5, 5.41) is 8.27. The van der Waals surface area contributed by atoms with Gasteiger partial charge in [-0.1, -0.05) is 0 Å². The molecule has 16 heavy (non-hydrogen) atoms. The second-order valence-electron chi connectivity index (χ2n) is 2.87. The first-order valence-electron chi connectivity index (χ1n) is 3.72. The molecule has 0 aromatic carbocycles. The Morgan fingerprint density at radius 3 is 1.75 bits per heavy atom. The number of hydrogen-bond donors (Lipinski definition) is 2. The lowest BCUT2D eigenvalue weighted by Crippen LogP contribution is -2.43. The van der Waals surface area contributed by atoms with Crippen molar-refractivity contribution in [3.8, 4) is 0 Å². The molecule has 0 aliphatic rings. The summed E-state index contributed by atoms with van der Waals surface area (Å²) < 4.78 is 72.0. The van der Waals surface area contributed by atoms with Gasteiger partial charge in [-0.2, -0.15) is 26.3 Å². The van der Waals surface area contributed by atoms with E-state index in [9.17, 15) is 31.1 Å². The van der Waals surface area contributed by atoms with E-state index in [1.54, 1.807) is 0 Å². The van der Waals surface area contributed by atoms with E-state index in [0.717, 1.165) is 0 Å². The zero-order valence-electron chi connectivity index (χ0n) is 7.36. The van der Waals surface area contributed by atoms with Gasteiger partial charge in [0.2, 0.25) is 0 Å². The summed E-state index contributed by atoms with van der Waals surface area (Å²) in [5.74, 6) is -5.62. The number of halogens is 7. The monoisotopic (exact) mass is 273 g/mol. The summed E-state index contributed by atoms with van der Waals surface area (Å²) in [6.07, 6.45) is -12.9. The van der Waals surface area contributed by atoms with Gasteiger partial charge in [0.1, 0.15) is 6.04 Å². The molecule has 0 saturated carbocycles. The van der Waals surface area contributed by atoms with Crippen LogP contribution in [0.25, 0.3) is 0 Å². The number of carbonyl (C=O) groups is 1. The van der Waals surface area contributed by atoms with E-state index < -0.39 is 36.7 Å². The largest absolute Gasteiger partial charge is 0.480 e. The zero-order chi connectivity index (χ0) is 13.1. The van der Waals surface area contributed by atoms with Crippen LogP contribution >= 0.6 is 11.8 Å². The summed E-state index contributed by atoms with van der Waals surface area (Å²) in [6, 6.07) is -2.13. The van der Waals surface area contributed by atoms with Crippen LogP contribution in [0.5, 0.6) is 0 Å². The molecule has 10 heteroatoms. The maximum atomic E-state index is 12.0. The lowest BCUT2D eigenvalue weighted by Gasteiger charge is -2.24. The Hall–Kier alpha value is -0.700. The van der Waals surface area contributed by atoms with E-state index in [-0.39, 0.29) is 0 Å². The first kappa shape index (κ1) is 15.3. The molecule has 0 heterocycles. The number of alkyl halides is 6. The van der Waals surface area contributed by atoms with Crippen LogP contribution in [0, 0.1) is 5.92 Å². The molecule has 0 aliphatic carbocycles. The number of carboxylic acid groups (broad SMARTS) is 1. The molecule has 0 aromatic heterocycles. The normalized spacial score (nSPS) is 15.2. The number of rotatable bonds is 4. The van der Waals surface area contributed by atoms with Crippen LogP contribution in [-0.2, 0) is 4.79 Å². The summed E-state index contributed by atoms with van der Waals surface area (Å²) in [5.41, 5.74) is 0. The first-order chi connectivity index (χ1) is 7.00. The highest BCUT2D eigenvalue weighted by molar-refractivity contribution is 6.14. The summed E-state index contributed by atoms with van der Waals surface area (Å²) in [4.78, 5) is 11.6. The predicted molar refractivity (Wildman–Crippen MR) is 40.6 cm³/mol. The van der Waals surface area contributed by atoms with Crippen molar-refractivity contribution >= 4 is 17.7 Å². The predicted octanol–water partition coefficient (Wildman–Crippen LogP) is 2.31. The Morgan fingerprint density at radius 1 is 1.19 bits per heavy atom. The second kappa shape index (κ2) is 5.09. The molecule has 3 nitrogen and oxygen atoms in total. The smallest absolute Gasteiger partial charge is 0.400 e. The van der Waals surface area contributed by atoms with Crippen LogP contribution in [0.15, 0.2) is 0 Å². The molecule has 0 spiro atoms. The van der Waals surface area contributed by atoms with Crippen molar-refractivity contribution in [1.29, 1.82) is 0 Å². The number of nitrogens with one attached hydrogen (secondary N) is 1. The van der Waals surface area contributed by atoms with Crippen molar-refractivity contribution in [3.63, 3.8) is 0 Å². The minimum atomic E-state index is -5.57. The van der Waals surface area contributed by atoms with Crippen molar-refractivity contribution in [2.75, 3.05) is 0 Å². The van der Waals surface area contributed by atoms with Gasteiger partial charge in [0.25, 0.3) is 0 Å². The molecule has 0 amide bonds. The van der Waals surface area contributed by atoms with Crippen LogP contribution in [0.4, 0.5) is 26.3 Å². The van der Waals surface area contributed by atoms with Crippen molar-refractivity contribution in [3.05, 3.63) is 0 Å². The standard InChI is InChI=1S/C6H6ClF6NO2/c7-14-2(4(15)16)1-3(5(8,9)10)6(11,12)13/h2-3,14H,1H2,(H,15,16). The molecular weight excluding hydrogens is 268 g/mol. The third kappa shape index (κ3) is 4.44. The van der Waals surface area contributed by atoms with Gasteiger partial charge in [-0.3, -0.25) is 4.79 Å². The summed E-state index contributed by atoms with van der Waals surface area (Å²) in [6.45, 7) is 0. The average Bonchev–Trinajstić information content (AvgIpc) is 1.99. The van der Waals surface area contributed by atoms with E-state index in [0.29, 0.717) is 0 Å². The van der Waals surface area contributed by atoms with Crippen LogP contribution in [0.1, 0.15) is 6.42 Å². The van der Waals surface area contributed by atoms with Gasteiger partial charge in [0.15, 0.2) is 5.92 Å². The molecule has 96 valence electrons.